The lowest BCUT2D eigenvalue weighted by Gasteiger charge is -2.11. The number of nitrogens with one attached hydrogen (secondary N) is 1. The molecule has 0 spiro atoms. The Morgan fingerprint density at radius 1 is 1.14 bits per heavy atom. The van der Waals surface area contributed by atoms with Crippen molar-refractivity contribution in [3.63, 3.8) is 0 Å². The molecule has 0 unspecified atom stereocenters. The molecule has 0 atom stereocenters. The lowest BCUT2D eigenvalue weighted by Crippen LogP contribution is -2.15. The molecule has 7 heteroatoms. The van der Waals surface area contributed by atoms with E-state index in [4.69, 9.17) is 0 Å². The highest BCUT2D eigenvalue weighted by Crippen LogP contribution is 2.27. The van der Waals surface area contributed by atoms with Gasteiger partial charge in [-0.1, -0.05) is 49.7 Å². The third-order valence-electron chi connectivity index (χ3n) is 4.54. The Morgan fingerprint density at radius 2 is 1.93 bits per heavy atom. The molecule has 1 amide bonds. The van der Waals surface area contributed by atoms with Crippen LogP contribution in [0.3, 0.4) is 0 Å². The number of amides is 1. The largest absolute Gasteiger partial charge is 0.298 e. The van der Waals surface area contributed by atoms with Gasteiger partial charge in [-0.15, -0.1) is 11.3 Å². The Kier molecular flexibility index (Phi) is 5.22. The van der Waals surface area contributed by atoms with E-state index in [1.165, 1.54) is 16.9 Å². The van der Waals surface area contributed by atoms with E-state index in [1.807, 2.05) is 68.6 Å². The van der Waals surface area contributed by atoms with Crippen LogP contribution in [0.2, 0.25) is 0 Å². The van der Waals surface area contributed by atoms with E-state index in [9.17, 15) is 4.79 Å². The van der Waals surface area contributed by atoms with E-state index < -0.39 is 0 Å². The van der Waals surface area contributed by atoms with Crippen molar-refractivity contribution in [2.45, 2.75) is 26.7 Å². The van der Waals surface area contributed by atoms with Gasteiger partial charge in [0.25, 0.3) is 5.91 Å². The molecule has 29 heavy (non-hydrogen) atoms. The molecule has 3 heterocycles. The van der Waals surface area contributed by atoms with Gasteiger partial charge in [-0.2, -0.15) is 5.10 Å². The number of benzene rings is 1. The lowest BCUT2D eigenvalue weighted by molar-refractivity contribution is 0.102. The number of hydrogen-bond acceptors (Lipinski definition) is 5. The number of pyridine rings is 1. The summed E-state index contributed by atoms with van der Waals surface area (Å²) in [5, 5.41) is 9.83. The Labute approximate surface area is 173 Å². The van der Waals surface area contributed by atoms with Gasteiger partial charge in [0.15, 0.2) is 10.9 Å². The number of carbonyl (C=O) groups is 1. The lowest BCUT2D eigenvalue weighted by atomic mass is 10.1. The fraction of sp³-hybridized carbons (Fsp3) is 0.182. The summed E-state index contributed by atoms with van der Waals surface area (Å²) in [6.45, 7) is 6.12. The first kappa shape index (κ1) is 19.0. The highest BCUT2D eigenvalue weighted by atomic mass is 32.1. The number of aromatic nitrogens is 4. The Balaban J connectivity index is 1.59. The third-order valence-corrected chi connectivity index (χ3v) is 5.29. The van der Waals surface area contributed by atoms with Crippen LogP contribution in [0.5, 0.6) is 0 Å². The van der Waals surface area contributed by atoms with Crippen LogP contribution in [0.4, 0.5) is 5.13 Å². The molecular formula is C22H21N5OS. The summed E-state index contributed by atoms with van der Waals surface area (Å²) in [7, 11) is 0. The summed E-state index contributed by atoms with van der Waals surface area (Å²) in [6, 6.07) is 13.8. The van der Waals surface area contributed by atoms with Crippen LogP contribution < -0.4 is 5.32 Å². The molecule has 146 valence electrons. The second-order valence-electron chi connectivity index (χ2n) is 7.06. The maximum absolute atomic E-state index is 13.0. The molecular weight excluding hydrogens is 382 g/mol. The number of thiazole rings is 1. The molecule has 6 nitrogen and oxygen atoms in total. The van der Waals surface area contributed by atoms with Crippen molar-refractivity contribution < 1.29 is 4.79 Å². The van der Waals surface area contributed by atoms with Crippen molar-refractivity contribution >= 4 is 22.4 Å². The fourth-order valence-corrected chi connectivity index (χ4v) is 3.82. The highest BCUT2D eigenvalue weighted by molar-refractivity contribution is 7.14. The SMILES string of the molecule is Cc1ccc(-c2csc(NC(=O)c3cnn(-c4ccccn4)c3C(C)C)n2)cc1. The molecule has 0 aliphatic carbocycles. The van der Waals surface area contributed by atoms with E-state index in [-0.39, 0.29) is 11.8 Å². The van der Waals surface area contributed by atoms with Gasteiger partial charge in [0.2, 0.25) is 0 Å². The summed E-state index contributed by atoms with van der Waals surface area (Å²) >= 11 is 1.41. The second kappa shape index (κ2) is 7.97. The maximum Gasteiger partial charge on any atom is 0.260 e. The van der Waals surface area contributed by atoms with Crippen LogP contribution in [0.1, 0.15) is 41.4 Å². The van der Waals surface area contributed by atoms with Gasteiger partial charge in [0, 0.05) is 17.1 Å². The average molecular weight is 404 g/mol. The molecule has 0 saturated carbocycles. The number of rotatable bonds is 5. The van der Waals surface area contributed by atoms with Gasteiger partial charge in [-0.25, -0.2) is 14.6 Å². The molecule has 3 aromatic heterocycles. The zero-order valence-corrected chi connectivity index (χ0v) is 17.3. The highest BCUT2D eigenvalue weighted by Gasteiger charge is 2.22. The van der Waals surface area contributed by atoms with E-state index in [0.29, 0.717) is 16.5 Å². The summed E-state index contributed by atoms with van der Waals surface area (Å²) in [6.07, 6.45) is 3.30. The monoisotopic (exact) mass is 403 g/mol. The van der Waals surface area contributed by atoms with Crippen molar-refractivity contribution in [3.05, 3.63) is 77.1 Å². The summed E-state index contributed by atoms with van der Waals surface area (Å²) < 4.78 is 1.72. The molecule has 0 radical (unpaired) electrons. The minimum Gasteiger partial charge on any atom is -0.298 e. The smallest absolute Gasteiger partial charge is 0.260 e. The number of carbonyl (C=O) groups excluding carboxylic acids is 1. The van der Waals surface area contributed by atoms with Gasteiger partial charge in [-0.3, -0.25) is 10.1 Å². The van der Waals surface area contributed by atoms with Crippen LogP contribution >= 0.6 is 11.3 Å². The third kappa shape index (κ3) is 3.95. The predicted octanol–water partition coefficient (Wildman–Crippen LogP) is 5.07. The molecule has 1 N–H and O–H groups in total. The van der Waals surface area contributed by atoms with Crippen molar-refractivity contribution in [3.8, 4) is 17.1 Å². The minimum absolute atomic E-state index is 0.0969. The van der Waals surface area contributed by atoms with Crippen LogP contribution in [-0.4, -0.2) is 25.7 Å². The van der Waals surface area contributed by atoms with E-state index in [1.54, 1.807) is 17.1 Å². The summed E-state index contributed by atoms with van der Waals surface area (Å²) in [5.74, 6) is 0.562. The standard InChI is InChI=1S/C22H21N5OS/c1-14(2)20-17(12-24-27(20)19-6-4-5-11-23-19)21(28)26-22-25-18(13-29-22)16-9-7-15(3)8-10-16/h4-14H,1-3H3,(H,25,26,28). The van der Waals surface area contributed by atoms with Gasteiger partial charge < -0.3 is 0 Å². The molecule has 4 rings (SSSR count). The average Bonchev–Trinajstić information content (AvgIpc) is 3.36. The van der Waals surface area contributed by atoms with Crippen molar-refractivity contribution in [1.82, 2.24) is 19.7 Å². The van der Waals surface area contributed by atoms with Crippen LogP contribution in [0, 0.1) is 6.92 Å². The molecule has 4 aromatic rings. The second-order valence-corrected chi connectivity index (χ2v) is 7.91. The van der Waals surface area contributed by atoms with Gasteiger partial charge in [0.1, 0.15) is 0 Å². The minimum atomic E-state index is -0.222. The van der Waals surface area contributed by atoms with Crippen molar-refractivity contribution in [2.75, 3.05) is 5.32 Å². The first-order chi connectivity index (χ1) is 14.0. The van der Waals surface area contributed by atoms with Gasteiger partial charge in [-0.05, 0) is 25.0 Å². The van der Waals surface area contributed by atoms with Crippen LogP contribution in [0.15, 0.2) is 60.2 Å². The van der Waals surface area contributed by atoms with Crippen LogP contribution in [0.25, 0.3) is 17.1 Å². The molecule has 0 bridgehead atoms. The quantitative estimate of drug-likeness (QED) is 0.505. The first-order valence-corrected chi connectivity index (χ1v) is 10.2. The zero-order chi connectivity index (χ0) is 20.4. The summed E-state index contributed by atoms with van der Waals surface area (Å²) in [5.41, 5.74) is 4.41. The molecule has 0 fully saturated rings. The normalized spacial score (nSPS) is 11.0. The van der Waals surface area contributed by atoms with E-state index in [0.717, 1.165) is 17.0 Å². The molecule has 0 aliphatic heterocycles. The molecule has 0 saturated heterocycles. The van der Waals surface area contributed by atoms with Gasteiger partial charge in [0.05, 0.1) is 23.1 Å². The topological polar surface area (TPSA) is 72.7 Å². The fourth-order valence-electron chi connectivity index (χ4n) is 3.10. The van der Waals surface area contributed by atoms with Crippen LogP contribution in [-0.2, 0) is 0 Å². The Morgan fingerprint density at radius 3 is 2.62 bits per heavy atom. The summed E-state index contributed by atoms with van der Waals surface area (Å²) in [4.78, 5) is 21.9. The molecule has 1 aromatic carbocycles. The zero-order valence-electron chi connectivity index (χ0n) is 16.5. The predicted molar refractivity (Wildman–Crippen MR) is 116 cm³/mol. The van der Waals surface area contributed by atoms with Gasteiger partial charge >= 0.3 is 0 Å². The number of hydrogen-bond donors (Lipinski definition) is 1. The van der Waals surface area contributed by atoms with E-state index in [2.05, 4.69) is 20.4 Å². The van der Waals surface area contributed by atoms with Crippen molar-refractivity contribution in [1.29, 1.82) is 0 Å². The number of nitrogens with zero attached hydrogens (tertiary/aromatic N) is 4. The van der Waals surface area contributed by atoms with Crippen molar-refractivity contribution in [2.24, 2.45) is 0 Å². The number of anilines is 1. The number of aryl methyl sites for hydroxylation is 1. The molecule has 0 aliphatic rings. The Bertz CT molecular complexity index is 1130. The maximum atomic E-state index is 13.0. The first-order valence-electron chi connectivity index (χ1n) is 9.36. The van der Waals surface area contributed by atoms with E-state index >= 15 is 0 Å². The Hall–Kier alpha value is -3.32.